The fourth-order valence-corrected chi connectivity index (χ4v) is 4.76. The second-order valence-electron chi connectivity index (χ2n) is 7.38. The lowest BCUT2D eigenvalue weighted by Crippen LogP contribution is -2.48. The Kier molecular flexibility index (Phi) is 5.49. The number of carbonyl (C=O) groups excluding carboxylic acids is 1. The molecule has 2 N–H and O–H groups in total. The van der Waals surface area contributed by atoms with E-state index >= 15 is 0 Å². The largest absolute Gasteiger partial charge is 0.324 e. The summed E-state index contributed by atoms with van der Waals surface area (Å²) in [6.07, 6.45) is 1.22. The molecular formula is C17H27N3O3S. The van der Waals surface area contributed by atoms with E-state index in [9.17, 15) is 13.2 Å². The Hall–Kier alpha value is -1.28. The lowest BCUT2D eigenvalue weighted by atomic mass is 10.0. The van der Waals surface area contributed by atoms with Gasteiger partial charge in [0.05, 0.1) is 10.9 Å². The van der Waals surface area contributed by atoms with Crippen LogP contribution in [0.4, 0.5) is 0 Å². The quantitative estimate of drug-likeness (QED) is 0.771. The molecule has 0 radical (unpaired) electrons. The summed E-state index contributed by atoms with van der Waals surface area (Å²) in [7, 11) is -1.76. The zero-order chi connectivity index (χ0) is 18.1. The summed E-state index contributed by atoms with van der Waals surface area (Å²) < 4.78 is 27.1. The van der Waals surface area contributed by atoms with E-state index in [1.807, 2.05) is 32.7 Å². The maximum absolute atomic E-state index is 12.9. The Morgan fingerprint density at radius 3 is 2.42 bits per heavy atom. The summed E-state index contributed by atoms with van der Waals surface area (Å²) >= 11 is 0. The van der Waals surface area contributed by atoms with Gasteiger partial charge in [-0.3, -0.25) is 0 Å². The second-order valence-corrected chi connectivity index (χ2v) is 9.27. The average molecular weight is 353 g/mol. The number of rotatable bonds is 6. The molecule has 1 aliphatic heterocycles. The number of aldehydes is 1. The van der Waals surface area contributed by atoms with Crippen LogP contribution in [0.1, 0.15) is 25.8 Å². The number of sulfonamides is 1. The van der Waals surface area contributed by atoms with Gasteiger partial charge in [0.15, 0.2) is 0 Å². The van der Waals surface area contributed by atoms with Gasteiger partial charge in [0.1, 0.15) is 6.29 Å². The Bertz CT molecular complexity index is 680. The van der Waals surface area contributed by atoms with Crippen molar-refractivity contribution >= 4 is 16.3 Å². The van der Waals surface area contributed by atoms with Crippen molar-refractivity contribution in [1.82, 2.24) is 9.21 Å². The predicted molar refractivity (Wildman–Crippen MR) is 94.2 cm³/mol. The van der Waals surface area contributed by atoms with Crippen LogP contribution in [0.5, 0.6) is 0 Å². The molecule has 0 aromatic heterocycles. The van der Waals surface area contributed by atoms with Crippen molar-refractivity contribution in [1.29, 1.82) is 0 Å². The van der Waals surface area contributed by atoms with Crippen molar-refractivity contribution < 1.29 is 13.2 Å². The molecule has 0 aliphatic carbocycles. The third kappa shape index (κ3) is 4.22. The van der Waals surface area contributed by atoms with Crippen molar-refractivity contribution in [3.8, 4) is 0 Å². The monoisotopic (exact) mass is 353 g/mol. The van der Waals surface area contributed by atoms with Crippen LogP contribution in [-0.2, 0) is 14.8 Å². The number of nitrogens with zero attached hydrogens (tertiary/aromatic N) is 2. The molecule has 1 aliphatic rings. The Balaban J connectivity index is 2.23. The summed E-state index contributed by atoms with van der Waals surface area (Å²) in [4.78, 5) is 13.7. The standard InChI is InChI=1S/C17H27N3O3S/c1-13-5-7-16(8-6-13)24(22,23)20-10-14(9-15(20)11-21)19(4)12-17(2,3)18/h5-8,11,14-15H,9-10,12,18H2,1-4H3/t14?,15-/m1/s1. The van der Waals surface area contributed by atoms with Crippen molar-refractivity contribution in [3.63, 3.8) is 0 Å². The molecule has 1 aromatic carbocycles. The molecule has 134 valence electrons. The number of aryl methyl sites for hydroxylation is 1. The molecule has 0 saturated carbocycles. The van der Waals surface area contributed by atoms with Crippen LogP contribution in [0.3, 0.4) is 0 Å². The SMILES string of the molecule is Cc1ccc(S(=O)(=O)N2CC(N(C)CC(C)(C)N)C[C@@H]2C=O)cc1. The van der Waals surface area contributed by atoms with Crippen LogP contribution in [0.2, 0.25) is 0 Å². The van der Waals surface area contributed by atoms with Crippen LogP contribution < -0.4 is 5.73 Å². The number of nitrogens with two attached hydrogens (primary N) is 1. The van der Waals surface area contributed by atoms with E-state index in [0.717, 1.165) is 11.8 Å². The highest BCUT2D eigenvalue weighted by Gasteiger charge is 2.41. The first-order valence-corrected chi connectivity index (χ1v) is 9.51. The Morgan fingerprint density at radius 2 is 1.92 bits per heavy atom. The van der Waals surface area contributed by atoms with E-state index < -0.39 is 16.1 Å². The molecule has 2 rings (SSSR count). The number of hydrogen-bond acceptors (Lipinski definition) is 5. The first kappa shape index (κ1) is 19.1. The van der Waals surface area contributed by atoms with Gasteiger partial charge in [-0.05, 0) is 46.4 Å². The van der Waals surface area contributed by atoms with E-state index in [0.29, 0.717) is 19.5 Å². The van der Waals surface area contributed by atoms with Gasteiger partial charge < -0.3 is 15.4 Å². The highest BCUT2D eigenvalue weighted by molar-refractivity contribution is 7.89. The van der Waals surface area contributed by atoms with Crippen LogP contribution in [0, 0.1) is 6.92 Å². The Morgan fingerprint density at radius 1 is 1.33 bits per heavy atom. The van der Waals surface area contributed by atoms with Gasteiger partial charge in [0, 0.05) is 24.7 Å². The third-order valence-corrected chi connectivity index (χ3v) is 6.24. The van der Waals surface area contributed by atoms with Crippen molar-refractivity contribution in [2.24, 2.45) is 5.73 Å². The van der Waals surface area contributed by atoms with Gasteiger partial charge >= 0.3 is 0 Å². The minimum Gasteiger partial charge on any atom is -0.324 e. The van der Waals surface area contributed by atoms with E-state index in [-0.39, 0.29) is 16.5 Å². The molecule has 2 atom stereocenters. The summed E-state index contributed by atoms with van der Waals surface area (Å²) in [6.45, 7) is 6.68. The molecule has 0 amide bonds. The maximum atomic E-state index is 12.9. The first-order chi connectivity index (χ1) is 11.0. The topological polar surface area (TPSA) is 83.7 Å². The number of carbonyl (C=O) groups is 1. The van der Waals surface area contributed by atoms with Crippen LogP contribution in [0.25, 0.3) is 0 Å². The minimum absolute atomic E-state index is 0.0248. The van der Waals surface area contributed by atoms with Gasteiger partial charge in [0.25, 0.3) is 0 Å². The molecule has 1 unspecified atom stereocenters. The lowest BCUT2D eigenvalue weighted by Gasteiger charge is -2.31. The number of benzene rings is 1. The molecule has 0 bridgehead atoms. The van der Waals surface area contributed by atoms with E-state index in [4.69, 9.17) is 5.73 Å². The molecule has 1 saturated heterocycles. The zero-order valence-corrected chi connectivity index (χ0v) is 15.6. The molecule has 24 heavy (non-hydrogen) atoms. The van der Waals surface area contributed by atoms with Gasteiger partial charge in [-0.1, -0.05) is 17.7 Å². The van der Waals surface area contributed by atoms with Crippen molar-refractivity contribution in [3.05, 3.63) is 29.8 Å². The van der Waals surface area contributed by atoms with Gasteiger partial charge in [-0.15, -0.1) is 0 Å². The Labute approximate surface area is 144 Å². The molecule has 0 spiro atoms. The van der Waals surface area contributed by atoms with Crippen molar-refractivity contribution in [2.75, 3.05) is 20.1 Å². The summed E-state index contributed by atoms with van der Waals surface area (Å²) in [6, 6.07) is 6.05. The maximum Gasteiger partial charge on any atom is 0.243 e. The van der Waals surface area contributed by atoms with Crippen LogP contribution in [-0.4, -0.2) is 61.7 Å². The fourth-order valence-electron chi connectivity index (χ4n) is 3.15. The summed E-state index contributed by atoms with van der Waals surface area (Å²) in [5.74, 6) is 0. The van der Waals surface area contributed by atoms with Gasteiger partial charge in [0.2, 0.25) is 10.0 Å². The minimum atomic E-state index is -3.68. The van der Waals surface area contributed by atoms with Crippen LogP contribution >= 0.6 is 0 Å². The smallest absolute Gasteiger partial charge is 0.243 e. The molecule has 1 aromatic rings. The highest BCUT2D eigenvalue weighted by atomic mass is 32.2. The second kappa shape index (κ2) is 6.92. The molecule has 1 fully saturated rings. The average Bonchev–Trinajstić information content (AvgIpc) is 2.91. The summed E-state index contributed by atoms with van der Waals surface area (Å²) in [5.41, 5.74) is 6.66. The third-order valence-electron chi connectivity index (χ3n) is 4.34. The van der Waals surface area contributed by atoms with E-state index in [1.54, 1.807) is 24.3 Å². The molecule has 6 nitrogen and oxygen atoms in total. The first-order valence-electron chi connectivity index (χ1n) is 8.07. The lowest BCUT2D eigenvalue weighted by molar-refractivity contribution is -0.110. The summed E-state index contributed by atoms with van der Waals surface area (Å²) in [5, 5.41) is 0. The predicted octanol–water partition coefficient (Wildman–Crippen LogP) is 0.995. The van der Waals surface area contributed by atoms with E-state index in [1.165, 1.54) is 4.31 Å². The number of likely N-dealkylation sites (N-methyl/N-ethyl adjacent to an activating group) is 1. The van der Waals surface area contributed by atoms with Crippen LogP contribution in [0.15, 0.2) is 29.2 Å². The van der Waals surface area contributed by atoms with E-state index in [2.05, 4.69) is 0 Å². The molecule has 7 heteroatoms. The highest BCUT2D eigenvalue weighted by Crippen LogP contribution is 2.28. The van der Waals surface area contributed by atoms with Gasteiger partial charge in [-0.2, -0.15) is 4.31 Å². The van der Waals surface area contributed by atoms with Crippen molar-refractivity contribution in [2.45, 2.75) is 49.7 Å². The normalized spacial score (nSPS) is 22.9. The molecular weight excluding hydrogens is 326 g/mol. The zero-order valence-electron chi connectivity index (χ0n) is 14.8. The number of hydrogen-bond donors (Lipinski definition) is 1. The van der Waals surface area contributed by atoms with Gasteiger partial charge in [-0.25, -0.2) is 8.42 Å². The molecule has 1 heterocycles. The fraction of sp³-hybridized carbons (Fsp3) is 0.588.